The van der Waals surface area contributed by atoms with E-state index < -0.39 is 15.6 Å². The van der Waals surface area contributed by atoms with E-state index >= 15 is 0 Å². The highest BCUT2D eigenvalue weighted by atomic mass is 32.2. The van der Waals surface area contributed by atoms with Crippen molar-refractivity contribution in [3.05, 3.63) is 0 Å². The number of ether oxygens (including phenoxy) is 1. The second kappa shape index (κ2) is 8.24. The van der Waals surface area contributed by atoms with E-state index in [9.17, 15) is 13.2 Å². The molecule has 130 valence electrons. The van der Waals surface area contributed by atoms with Gasteiger partial charge >= 0.3 is 0 Å². The summed E-state index contributed by atoms with van der Waals surface area (Å²) in [6.45, 7) is 10.3. The van der Waals surface area contributed by atoms with Gasteiger partial charge in [-0.1, -0.05) is 0 Å². The lowest BCUT2D eigenvalue weighted by Gasteiger charge is -2.33. The van der Waals surface area contributed by atoms with Crippen LogP contribution in [0.2, 0.25) is 0 Å². The predicted molar refractivity (Wildman–Crippen MR) is 86.2 cm³/mol. The lowest BCUT2D eigenvalue weighted by Crippen LogP contribution is -2.47. The quantitative estimate of drug-likeness (QED) is 0.702. The fourth-order valence-electron chi connectivity index (χ4n) is 2.47. The molecule has 0 unspecified atom stereocenters. The summed E-state index contributed by atoms with van der Waals surface area (Å²) in [5.41, 5.74) is -0.526. The van der Waals surface area contributed by atoms with Gasteiger partial charge in [0.15, 0.2) is 0 Å². The molecule has 1 fully saturated rings. The summed E-state index contributed by atoms with van der Waals surface area (Å²) in [7, 11) is -3.32. The number of sulfonamides is 1. The summed E-state index contributed by atoms with van der Waals surface area (Å²) in [5.74, 6) is -0.119. The van der Waals surface area contributed by atoms with Crippen molar-refractivity contribution in [3.63, 3.8) is 0 Å². The molecular weight excluding hydrogens is 306 g/mol. The standard InChI is InChI=1S/C14H29N3O4S/c1-14(2,3)17(22(4,19)20)7-5-13(18)15-6-8-16-9-11-21-12-10-16/h5-12H2,1-4H3,(H,15,18). The van der Waals surface area contributed by atoms with Crippen molar-refractivity contribution in [3.8, 4) is 0 Å². The third-order valence-corrected chi connectivity index (χ3v) is 5.08. The van der Waals surface area contributed by atoms with Gasteiger partial charge in [-0.05, 0) is 20.8 Å². The minimum absolute atomic E-state index is 0.119. The maximum Gasteiger partial charge on any atom is 0.221 e. The van der Waals surface area contributed by atoms with Crippen LogP contribution in [-0.4, -0.2) is 81.3 Å². The van der Waals surface area contributed by atoms with Crippen LogP contribution in [0.1, 0.15) is 27.2 Å². The van der Waals surface area contributed by atoms with Gasteiger partial charge in [0, 0.05) is 44.7 Å². The molecule has 1 N–H and O–H groups in total. The van der Waals surface area contributed by atoms with Gasteiger partial charge in [-0.25, -0.2) is 8.42 Å². The molecule has 0 aromatic carbocycles. The van der Waals surface area contributed by atoms with Gasteiger partial charge in [0.2, 0.25) is 15.9 Å². The molecule has 1 aliphatic heterocycles. The van der Waals surface area contributed by atoms with Gasteiger partial charge in [0.1, 0.15) is 0 Å². The van der Waals surface area contributed by atoms with Crippen molar-refractivity contribution in [2.75, 3.05) is 52.2 Å². The van der Waals surface area contributed by atoms with Crippen molar-refractivity contribution in [2.45, 2.75) is 32.7 Å². The van der Waals surface area contributed by atoms with Gasteiger partial charge in [-0.3, -0.25) is 9.69 Å². The number of morpholine rings is 1. The number of hydrogen-bond donors (Lipinski definition) is 1. The van der Waals surface area contributed by atoms with Crippen LogP contribution in [0.4, 0.5) is 0 Å². The Morgan fingerprint density at radius 2 is 1.86 bits per heavy atom. The first-order chi connectivity index (χ1) is 10.1. The maximum absolute atomic E-state index is 11.9. The fourth-order valence-corrected chi connectivity index (χ4v) is 3.89. The zero-order valence-corrected chi connectivity index (χ0v) is 14.9. The first-order valence-electron chi connectivity index (χ1n) is 7.65. The molecule has 0 spiro atoms. The van der Waals surface area contributed by atoms with Crippen molar-refractivity contribution in [1.82, 2.24) is 14.5 Å². The molecule has 0 radical (unpaired) electrons. The van der Waals surface area contributed by atoms with Crippen LogP contribution in [0, 0.1) is 0 Å². The van der Waals surface area contributed by atoms with Gasteiger partial charge in [-0.2, -0.15) is 4.31 Å². The minimum atomic E-state index is -3.32. The number of nitrogens with one attached hydrogen (secondary N) is 1. The molecule has 1 rings (SSSR count). The smallest absolute Gasteiger partial charge is 0.221 e. The second-order valence-corrected chi connectivity index (χ2v) is 8.47. The largest absolute Gasteiger partial charge is 0.379 e. The molecule has 0 bridgehead atoms. The van der Waals surface area contributed by atoms with E-state index in [1.807, 2.05) is 20.8 Å². The molecule has 7 nitrogen and oxygen atoms in total. The summed E-state index contributed by atoms with van der Waals surface area (Å²) in [6.07, 6.45) is 1.35. The first kappa shape index (κ1) is 19.3. The average Bonchev–Trinajstić information content (AvgIpc) is 2.37. The zero-order chi connectivity index (χ0) is 16.8. The summed E-state index contributed by atoms with van der Waals surface area (Å²) in [4.78, 5) is 14.1. The molecule has 0 atom stereocenters. The van der Waals surface area contributed by atoms with Crippen LogP contribution >= 0.6 is 0 Å². The summed E-state index contributed by atoms with van der Waals surface area (Å²) in [5, 5.41) is 2.85. The van der Waals surface area contributed by atoms with E-state index in [4.69, 9.17) is 4.74 Å². The number of amides is 1. The van der Waals surface area contributed by atoms with Gasteiger partial charge in [0.05, 0.1) is 19.5 Å². The van der Waals surface area contributed by atoms with E-state index in [2.05, 4.69) is 10.2 Å². The molecular formula is C14H29N3O4S. The third-order valence-electron chi connectivity index (χ3n) is 3.54. The van der Waals surface area contributed by atoms with Crippen molar-refractivity contribution in [2.24, 2.45) is 0 Å². The molecule has 1 aliphatic rings. The summed E-state index contributed by atoms with van der Waals surface area (Å²) < 4.78 is 30.2. The van der Waals surface area contributed by atoms with Crippen LogP contribution < -0.4 is 5.32 Å². The Hall–Kier alpha value is -0.700. The highest BCUT2D eigenvalue weighted by Gasteiger charge is 2.29. The molecule has 0 aromatic rings. The normalized spacial score (nSPS) is 17.7. The first-order valence-corrected chi connectivity index (χ1v) is 9.50. The van der Waals surface area contributed by atoms with Crippen molar-refractivity contribution < 1.29 is 17.9 Å². The Bertz CT molecular complexity index is 453. The Morgan fingerprint density at radius 3 is 2.36 bits per heavy atom. The predicted octanol–water partition coefficient (Wildman–Crippen LogP) is -0.115. The number of carbonyl (C=O) groups is 1. The minimum Gasteiger partial charge on any atom is -0.379 e. The zero-order valence-electron chi connectivity index (χ0n) is 14.1. The molecule has 8 heteroatoms. The van der Waals surface area contributed by atoms with Crippen molar-refractivity contribution >= 4 is 15.9 Å². The Kier molecular flexibility index (Phi) is 7.24. The van der Waals surface area contributed by atoms with Gasteiger partial charge < -0.3 is 10.1 Å². The lowest BCUT2D eigenvalue weighted by atomic mass is 10.1. The number of rotatable bonds is 7. The van der Waals surface area contributed by atoms with E-state index in [0.29, 0.717) is 6.54 Å². The molecule has 22 heavy (non-hydrogen) atoms. The lowest BCUT2D eigenvalue weighted by molar-refractivity contribution is -0.121. The maximum atomic E-state index is 11.9. The van der Waals surface area contributed by atoms with Gasteiger partial charge in [0.25, 0.3) is 0 Å². The molecule has 1 amide bonds. The highest BCUT2D eigenvalue weighted by molar-refractivity contribution is 7.88. The average molecular weight is 335 g/mol. The summed E-state index contributed by atoms with van der Waals surface area (Å²) >= 11 is 0. The van der Waals surface area contributed by atoms with Crippen molar-refractivity contribution in [1.29, 1.82) is 0 Å². The number of hydrogen-bond acceptors (Lipinski definition) is 5. The second-order valence-electron chi connectivity index (χ2n) is 6.56. The number of carbonyl (C=O) groups excluding carboxylic acids is 1. The molecule has 1 heterocycles. The van der Waals surface area contributed by atoms with Crippen LogP contribution in [0.3, 0.4) is 0 Å². The van der Waals surface area contributed by atoms with Crippen LogP contribution in [-0.2, 0) is 19.6 Å². The van der Waals surface area contributed by atoms with Crippen LogP contribution in [0.5, 0.6) is 0 Å². The Morgan fingerprint density at radius 1 is 1.27 bits per heavy atom. The van der Waals surface area contributed by atoms with E-state index in [-0.39, 0.29) is 18.9 Å². The van der Waals surface area contributed by atoms with E-state index in [1.54, 1.807) is 0 Å². The van der Waals surface area contributed by atoms with E-state index in [1.165, 1.54) is 10.6 Å². The highest BCUT2D eigenvalue weighted by Crippen LogP contribution is 2.17. The van der Waals surface area contributed by atoms with Gasteiger partial charge in [-0.15, -0.1) is 0 Å². The topological polar surface area (TPSA) is 79.0 Å². The molecule has 0 saturated carbocycles. The van der Waals surface area contributed by atoms with Crippen LogP contribution in [0.15, 0.2) is 0 Å². The monoisotopic (exact) mass is 335 g/mol. The SMILES string of the molecule is CC(C)(C)N(CCC(=O)NCCN1CCOCC1)S(C)(=O)=O. The molecule has 0 aromatic heterocycles. The fraction of sp³-hybridized carbons (Fsp3) is 0.929. The number of nitrogens with zero attached hydrogens (tertiary/aromatic N) is 2. The third kappa shape index (κ3) is 7.04. The molecule has 0 aliphatic carbocycles. The molecule has 1 saturated heterocycles. The van der Waals surface area contributed by atoms with E-state index in [0.717, 1.165) is 32.8 Å². The van der Waals surface area contributed by atoms with Crippen LogP contribution in [0.25, 0.3) is 0 Å². The summed E-state index contributed by atoms with van der Waals surface area (Å²) in [6, 6.07) is 0. The Balaban J connectivity index is 2.31. The Labute approximate surface area is 134 Å².